The molecule has 33 heavy (non-hydrogen) atoms. The zero-order chi connectivity index (χ0) is 23.8. The molecule has 3 rings (SSSR count). The van der Waals surface area contributed by atoms with E-state index in [0.29, 0.717) is 28.2 Å². The van der Waals surface area contributed by atoms with Gasteiger partial charge in [0.25, 0.3) is 0 Å². The van der Waals surface area contributed by atoms with E-state index in [4.69, 9.17) is 11.6 Å². The van der Waals surface area contributed by atoms with E-state index in [-0.39, 0.29) is 24.1 Å². The van der Waals surface area contributed by atoms with Crippen LogP contribution in [0.1, 0.15) is 18.3 Å². The molecule has 0 spiro atoms. The van der Waals surface area contributed by atoms with E-state index in [0.717, 1.165) is 14.5 Å². The maximum Gasteiger partial charge on any atom is 0.244 e. The summed E-state index contributed by atoms with van der Waals surface area (Å²) < 4.78 is 3.53. The number of hydrogen-bond donors (Lipinski definition) is 2. The number of benzene rings is 2. The van der Waals surface area contributed by atoms with Gasteiger partial charge in [0.1, 0.15) is 0 Å². The second-order valence-corrected chi connectivity index (χ2v) is 9.80. The molecule has 0 aliphatic heterocycles. The molecule has 0 aliphatic carbocycles. The fourth-order valence-corrected chi connectivity index (χ4v) is 4.51. The van der Waals surface area contributed by atoms with Crippen LogP contribution >= 0.6 is 55.2 Å². The van der Waals surface area contributed by atoms with Gasteiger partial charge in [-0.15, -0.1) is 10.2 Å². The molecule has 0 unspecified atom stereocenters. The van der Waals surface area contributed by atoms with Gasteiger partial charge in [0.05, 0.1) is 18.0 Å². The van der Waals surface area contributed by atoms with E-state index in [1.165, 1.54) is 17.8 Å². The van der Waals surface area contributed by atoms with Gasteiger partial charge in [0, 0.05) is 26.6 Å². The molecule has 3 aromatic rings. The Bertz CT molecular complexity index is 1190. The Morgan fingerprint density at radius 3 is 2.73 bits per heavy atom. The maximum atomic E-state index is 12.4. The first-order valence-corrected chi connectivity index (χ1v) is 12.8. The van der Waals surface area contributed by atoms with E-state index in [1.807, 2.05) is 47.9 Å². The Labute approximate surface area is 217 Å². The van der Waals surface area contributed by atoms with Crippen LogP contribution in [0, 0.1) is 0 Å². The molecular weight excluding hydrogens is 594 g/mol. The van der Waals surface area contributed by atoms with Gasteiger partial charge in [0.2, 0.25) is 11.8 Å². The monoisotopic (exact) mass is 611 g/mol. The molecule has 0 saturated carbocycles. The number of thioether (sulfide) groups is 1. The summed E-state index contributed by atoms with van der Waals surface area (Å²) in [5, 5.41) is 15.2. The summed E-state index contributed by atoms with van der Waals surface area (Å²) in [6.07, 6.45) is 3.08. The van der Waals surface area contributed by atoms with Crippen molar-refractivity contribution in [3.05, 3.63) is 73.9 Å². The first-order chi connectivity index (χ1) is 15.9. The van der Waals surface area contributed by atoms with E-state index >= 15 is 0 Å². The molecular formula is C22H20Br2ClN5O2S. The molecule has 0 saturated heterocycles. The van der Waals surface area contributed by atoms with Crippen molar-refractivity contribution >= 4 is 78.8 Å². The number of halogens is 3. The fourth-order valence-electron chi connectivity index (χ4n) is 2.78. The van der Waals surface area contributed by atoms with Crippen molar-refractivity contribution in [3.63, 3.8) is 0 Å². The normalized spacial score (nSPS) is 11.0. The van der Waals surface area contributed by atoms with E-state index in [1.54, 1.807) is 12.1 Å². The quantitative estimate of drug-likeness (QED) is 0.245. The topological polar surface area (TPSA) is 88.9 Å². The second-order valence-electron chi connectivity index (χ2n) is 6.68. The third-order valence-corrected chi connectivity index (χ3v) is 6.88. The number of amides is 2. The van der Waals surface area contributed by atoms with Crippen LogP contribution < -0.4 is 10.6 Å². The van der Waals surface area contributed by atoms with Crippen molar-refractivity contribution in [1.82, 2.24) is 20.1 Å². The SMILES string of the molecule is CCn1c(CNC(=O)/C=C/c2ccccc2Cl)nnc1SCC(=O)Nc1cc(Br)ccc1Br. The molecule has 0 aliphatic rings. The molecule has 172 valence electrons. The number of anilines is 1. The summed E-state index contributed by atoms with van der Waals surface area (Å²) in [7, 11) is 0. The largest absolute Gasteiger partial charge is 0.345 e. The van der Waals surface area contributed by atoms with Crippen LogP contribution in [0.4, 0.5) is 5.69 Å². The summed E-state index contributed by atoms with van der Waals surface area (Å²) in [6, 6.07) is 12.8. The third kappa shape index (κ3) is 7.43. The van der Waals surface area contributed by atoms with Gasteiger partial charge in [-0.1, -0.05) is 57.5 Å². The van der Waals surface area contributed by atoms with Gasteiger partial charge in [0.15, 0.2) is 11.0 Å². The minimum Gasteiger partial charge on any atom is -0.345 e. The lowest BCUT2D eigenvalue weighted by molar-refractivity contribution is -0.116. The summed E-state index contributed by atoms with van der Waals surface area (Å²) in [5.74, 6) is 0.344. The first-order valence-electron chi connectivity index (χ1n) is 9.87. The third-order valence-electron chi connectivity index (χ3n) is 4.38. The van der Waals surface area contributed by atoms with Crippen LogP contribution in [0.3, 0.4) is 0 Å². The predicted molar refractivity (Wildman–Crippen MR) is 139 cm³/mol. The lowest BCUT2D eigenvalue weighted by Crippen LogP contribution is -2.22. The number of aromatic nitrogens is 3. The van der Waals surface area contributed by atoms with Crippen molar-refractivity contribution in [2.24, 2.45) is 0 Å². The Balaban J connectivity index is 1.55. The Morgan fingerprint density at radius 1 is 1.18 bits per heavy atom. The smallest absolute Gasteiger partial charge is 0.244 e. The summed E-state index contributed by atoms with van der Waals surface area (Å²) in [6.45, 7) is 2.77. The van der Waals surface area contributed by atoms with Crippen molar-refractivity contribution in [2.75, 3.05) is 11.1 Å². The van der Waals surface area contributed by atoms with Crippen LogP contribution in [0.5, 0.6) is 0 Å². The first kappa shape index (κ1) is 25.5. The zero-order valence-corrected chi connectivity index (χ0v) is 22.3. The summed E-state index contributed by atoms with van der Waals surface area (Å²) >= 11 is 14.2. The standard InChI is InChI=1S/C22H20Br2ClN5O2S/c1-2-30-19(12-26-20(31)10-7-14-5-3-4-6-17(14)25)28-29-22(30)33-13-21(32)27-18-11-15(23)8-9-16(18)24/h3-11H,2,12-13H2,1H3,(H,26,31)(H,27,32)/b10-7+. The van der Waals surface area contributed by atoms with Crippen LogP contribution in [0.2, 0.25) is 5.02 Å². The average Bonchev–Trinajstić information content (AvgIpc) is 3.20. The highest BCUT2D eigenvalue weighted by Gasteiger charge is 2.14. The van der Waals surface area contributed by atoms with Gasteiger partial charge in [-0.3, -0.25) is 9.59 Å². The Kier molecular flexibility index (Phi) is 9.54. The number of nitrogens with one attached hydrogen (secondary N) is 2. The zero-order valence-electron chi connectivity index (χ0n) is 17.5. The molecule has 11 heteroatoms. The van der Waals surface area contributed by atoms with Gasteiger partial charge in [-0.05, 0) is 58.8 Å². The van der Waals surface area contributed by atoms with E-state index in [9.17, 15) is 9.59 Å². The van der Waals surface area contributed by atoms with Crippen molar-refractivity contribution < 1.29 is 9.59 Å². The number of carbonyl (C=O) groups excluding carboxylic acids is 2. The molecule has 0 bridgehead atoms. The molecule has 2 amide bonds. The minimum atomic E-state index is -0.270. The van der Waals surface area contributed by atoms with E-state index in [2.05, 4.69) is 52.7 Å². The molecule has 2 N–H and O–H groups in total. The van der Waals surface area contributed by atoms with Crippen LogP contribution in [0.25, 0.3) is 6.08 Å². The highest BCUT2D eigenvalue weighted by molar-refractivity contribution is 9.11. The molecule has 2 aromatic carbocycles. The Morgan fingerprint density at radius 2 is 1.97 bits per heavy atom. The summed E-state index contributed by atoms with van der Waals surface area (Å²) in [4.78, 5) is 24.6. The highest BCUT2D eigenvalue weighted by atomic mass is 79.9. The average molecular weight is 614 g/mol. The van der Waals surface area contributed by atoms with Crippen molar-refractivity contribution in [3.8, 4) is 0 Å². The van der Waals surface area contributed by atoms with Gasteiger partial charge >= 0.3 is 0 Å². The van der Waals surface area contributed by atoms with Crippen molar-refractivity contribution in [2.45, 2.75) is 25.2 Å². The van der Waals surface area contributed by atoms with Crippen LogP contribution in [0.15, 0.2) is 62.6 Å². The van der Waals surface area contributed by atoms with Gasteiger partial charge < -0.3 is 15.2 Å². The molecule has 1 heterocycles. The molecule has 0 fully saturated rings. The number of rotatable bonds is 9. The maximum absolute atomic E-state index is 12.4. The van der Waals surface area contributed by atoms with Gasteiger partial charge in [-0.25, -0.2) is 0 Å². The number of nitrogens with zero attached hydrogens (tertiary/aromatic N) is 3. The second kappa shape index (κ2) is 12.4. The number of hydrogen-bond acceptors (Lipinski definition) is 5. The van der Waals surface area contributed by atoms with Gasteiger partial charge in [-0.2, -0.15) is 0 Å². The van der Waals surface area contributed by atoms with Crippen molar-refractivity contribution in [1.29, 1.82) is 0 Å². The highest BCUT2D eigenvalue weighted by Crippen LogP contribution is 2.26. The van der Waals surface area contributed by atoms with E-state index < -0.39 is 0 Å². The molecule has 1 aromatic heterocycles. The Hall–Kier alpha value is -2.14. The lowest BCUT2D eigenvalue weighted by atomic mass is 10.2. The molecule has 0 radical (unpaired) electrons. The van der Waals surface area contributed by atoms with Crippen LogP contribution in [-0.4, -0.2) is 32.3 Å². The molecule has 0 atom stereocenters. The lowest BCUT2D eigenvalue weighted by Gasteiger charge is -2.09. The van der Waals surface area contributed by atoms with Crippen LogP contribution in [-0.2, 0) is 22.7 Å². The summed E-state index contributed by atoms with van der Waals surface area (Å²) in [5.41, 5.74) is 1.44. The molecule has 7 nitrogen and oxygen atoms in total. The predicted octanol–water partition coefficient (Wildman–Crippen LogP) is 5.54. The fraction of sp³-hybridized carbons (Fsp3) is 0.182. The minimum absolute atomic E-state index is 0.163. The number of carbonyl (C=O) groups is 2.